The molecule has 178 valence electrons. The van der Waals surface area contributed by atoms with Gasteiger partial charge in [0.25, 0.3) is 0 Å². The molecule has 0 aliphatic carbocycles. The van der Waals surface area contributed by atoms with Crippen LogP contribution in [0.2, 0.25) is 0 Å². The number of nitrogens with one attached hydrogen (secondary N) is 1. The summed E-state index contributed by atoms with van der Waals surface area (Å²) in [4.78, 5) is 22.2. The van der Waals surface area contributed by atoms with Crippen molar-refractivity contribution in [2.24, 2.45) is 0 Å². The van der Waals surface area contributed by atoms with Gasteiger partial charge in [-0.25, -0.2) is 0 Å². The topological polar surface area (TPSA) is 66.9 Å². The van der Waals surface area contributed by atoms with Crippen LogP contribution in [0.15, 0.2) is 65.5 Å². The SMILES string of the molecule is O=C(CN1Cc2ccccc2O[C@H](c2ccsc2)C1)NC[C@H](c1ccccn1)N1CCOCC1. The first-order valence-electron chi connectivity index (χ1n) is 11.7. The van der Waals surface area contributed by atoms with Crippen LogP contribution in [0.25, 0.3) is 0 Å². The smallest absolute Gasteiger partial charge is 0.234 e. The predicted molar refractivity (Wildman–Crippen MR) is 132 cm³/mol. The second-order valence-electron chi connectivity index (χ2n) is 8.66. The maximum absolute atomic E-state index is 13.1. The Morgan fingerprint density at radius 1 is 1.15 bits per heavy atom. The number of amides is 1. The third-order valence-electron chi connectivity index (χ3n) is 6.35. The number of morpholine rings is 1. The minimum absolute atomic E-state index is 0.0117. The number of hydrogen-bond donors (Lipinski definition) is 1. The van der Waals surface area contributed by atoms with Gasteiger partial charge in [-0.3, -0.25) is 19.6 Å². The van der Waals surface area contributed by atoms with E-state index >= 15 is 0 Å². The maximum Gasteiger partial charge on any atom is 0.234 e. The van der Waals surface area contributed by atoms with Crippen LogP contribution in [0, 0.1) is 0 Å². The van der Waals surface area contributed by atoms with E-state index in [0.717, 1.165) is 35.7 Å². The first-order chi connectivity index (χ1) is 16.8. The Balaban J connectivity index is 1.26. The Bertz CT molecular complexity index is 1060. The summed E-state index contributed by atoms with van der Waals surface area (Å²) in [6.07, 6.45) is 1.71. The zero-order chi connectivity index (χ0) is 23.2. The highest BCUT2D eigenvalue weighted by atomic mass is 32.1. The Hall–Kier alpha value is -2.78. The summed E-state index contributed by atoms with van der Waals surface area (Å²) in [5.41, 5.74) is 3.22. The van der Waals surface area contributed by atoms with Crippen LogP contribution in [0.3, 0.4) is 0 Å². The minimum Gasteiger partial charge on any atom is -0.484 e. The molecule has 0 unspecified atom stereocenters. The lowest BCUT2D eigenvalue weighted by Gasteiger charge is -2.34. The van der Waals surface area contributed by atoms with Gasteiger partial charge in [0.05, 0.1) is 31.5 Å². The molecule has 3 aromatic rings. The fraction of sp³-hybridized carbons (Fsp3) is 0.385. The Kier molecular flexibility index (Phi) is 7.50. The van der Waals surface area contributed by atoms with Crippen molar-refractivity contribution < 1.29 is 14.3 Å². The number of aromatic nitrogens is 1. The summed E-state index contributed by atoms with van der Waals surface area (Å²) < 4.78 is 11.9. The van der Waals surface area contributed by atoms with Crippen LogP contribution in [0.4, 0.5) is 0 Å². The second kappa shape index (κ2) is 11.1. The van der Waals surface area contributed by atoms with Crippen molar-refractivity contribution in [1.29, 1.82) is 0 Å². The molecule has 8 heteroatoms. The lowest BCUT2D eigenvalue weighted by atomic mass is 10.1. The lowest BCUT2D eigenvalue weighted by molar-refractivity contribution is -0.123. The maximum atomic E-state index is 13.1. The molecule has 0 spiro atoms. The van der Waals surface area contributed by atoms with Crippen LogP contribution < -0.4 is 10.1 Å². The number of thiophene rings is 1. The minimum atomic E-state index is -0.0997. The number of fused-ring (bicyclic) bond motifs is 1. The molecule has 1 aromatic carbocycles. The molecule has 4 heterocycles. The van der Waals surface area contributed by atoms with Gasteiger partial charge in [-0.2, -0.15) is 11.3 Å². The van der Waals surface area contributed by atoms with Gasteiger partial charge in [0.1, 0.15) is 11.9 Å². The molecule has 2 aliphatic heterocycles. The normalized spacial score (nSPS) is 20.1. The van der Waals surface area contributed by atoms with Crippen molar-refractivity contribution in [2.75, 3.05) is 45.9 Å². The summed E-state index contributed by atoms with van der Waals surface area (Å²) >= 11 is 1.66. The summed E-state index contributed by atoms with van der Waals surface area (Å²) in [5, 5.41) is 7.37. The van der Waals surface area contributed by atoms with Gasteiger partial charge in [0.15, 0.2) is 0 Å². The first-order valence-corrected chi connectivity index (χ1v) is 12.7. The summed E-state index contributed by atoms with van der Waals surface area (Å²) in [5.74, 6) is 0.904. The van der Waals surface area contributed by atoms with Crippen molar-refractivity contribution in [2.45, 2.75) is 18.7 Å². The number of benzene rings is 1. The molecule has 2 atom stereocenters. The largest absolute Gasteiger partial charge is 0.484 e. The van der Waals surface area contributed by atoms with E-state index in [0.29, 0.717) is 39.4 Å². The number of pyridine rings is 1. The number of carbonyl (C=O) groups excluding carboxylic acids is 1. The average molecular weight is 479 g/mol. The van der Waals surface area contributed by atoms with E-state index in [1.54, 1.807) is 11.3 Å². The van der Waals surface area contributed by atoms with Crippen molar-refractivity contribution >= 4 is 17.2 Å². The summed E-state index contributed by atoms with van der Waals surface area (Å²) in [7, 11) is 0. The van der Waals surface area contributed by atoms with Gasteiger partial charge >= 0.3 is 0 Å². The van der Waals surface area contributed by atoms with Gasteiger partial charge in [-0.1, -0.05) is 24.3 Å². The molecule has 2 aromatic heterocycles. The van der Waals surface area contributed by atoms with Crippen molar-refractivity contribution in [3.8, 4) is 5.75 Å². The molecule has 0 radical (unpaired) electrons. The fourth-order valence-electron chi connectivity index (χ4n) is 4.58. The van der Waals surface area contributed by atoms with Crippen LogP contribution in [-0.4, -0.2) is 66.6 Å². The molecule has 7 nitrogen and oxygen atoms in total. The van der Waals surface area contributed by atoms with Gasteiger partial charge in [0.2, 0.25) is 5.91 Å². The van der Waals surface area contributed by atoms with E-state index in [1.807, 2.05) is 42.6 Å². The Morgan fingerprint density at radius 3 is 2.79 bits per heavy atom. The standard InChI is InChI=1S/C26H30N4O3S/c31-26(28-15-23(22-6-3-4-9-27-22)30-10-12-32-13-11-30)18-29-16-20-5-1-2-7-24(20)33-25(17-29)21-8-14-34-19-21/h1-9,14,19,23,25H,10-13,15-18H2,(H,28,31)/t23-,25+/m1/s1. The van der Waals surface area contributed by atoms with Crippen LogP contribution in [0.5, 0.6) is 5.75 Å². The lowest BCUT2D eigenvalue weighted by Crippen LogP contribution is -2.46. The molecule has 0 bridgehead atoms. The molecule has 34 heavy (non-hydrogen) atoms. The second-order valence-corrected chi connectivity index (χ2v) is 9.44. The molecule has 0 saturated carbocycles. The van der Waals surface area contributed by atoms with E-state index in [9.17, 15) is 4.79 Å². The van der Waals surface area contributed by atoms with Crippen LogP contribution >= 0.6 is 11.3 Å². The predicted octanol–water partition coefficient (Wildman–Crippen LogP) is 3.27. The molecule has 1 fully saturated rings. The summed E-state index contributed by atoms with van der Waals surface area (Å²) in [6, 6.07) is 16.2. The van der Waals surface area contributed by atoms with Crippen molar-refractivity contribution in [1.82, 2.24) is 20.1 Å². The molecule has 5 rings (SSSR count). The average Bonchev–Trinajstić information content (AvgIpc) is 3.35. The number of carbonyl (C=O) groups is 1. The molecule has 1 saturated heterocycles. The van der Waals surface area contributed by atoms with Gasteiger partial charge in [-0.05, 0) is 35.0 Å². The number of para-hydroxylation sites is 1. The van der Waals surface area contributed by atoms with Crippen molar-refractivity contribution in [3.05, 3.63) is 82.3 Å². The van der Waals surface area contributed by atoms with Crippen LogP contribution in [0.1, 0.15) is 29.0 Å². The van der Waals surface area contributed by atoms with Gasteiger partial charge in [0, 0.05) is 50.0 Å². The number of hydrogen-bond acceptors (Lipinski definition) is 7. The van der Waals surface area contributed by atoms with E-state index in [1.165, 1.54) is 0 Å². The van der Waals surface area contributed by atoms with Crippen molar-refractivity contribution in [3.63, 3.8) is 0 Å². The van der Waals surface area contributed by atoms with E-state index in [4.69, 9.17) is 9.47 Å². The highest BCUT2D eigenvalue weighted by Crippen LogP contribution is 2.31. The number of ether oxygens (including phenoxy) is 2. The molecule has 1 amide bonds. The van der Waals surface area contributed by atoms with Crippen LogP contribution in [-0.2, 0) is 16.1 Å². The Labute approximate surface area is 204 Å². The first kappa shape index (κ1) is 23.0. The number of nitrogens with zero attached hydrogens (tertiary/aromatic N) is 3. The monoisotopic (exact) mass is 478 g/mol. The molecule has 2 aliphatic rings. The zero-order valence-corrected chi connectivity index (χ0v) is 20.0. The molecular formula is C26H30N4O3S. The molecule has 1 N–H and O–H groups in total. The summed E-state index contributed by atoms with van der Waals surface area (Å²) in [6.45, 7) is 5.24. The third kappa shape index (κ3) is 5.64. The number of rotatable bonds is 7. The highest BCUT2D eigenvalue weighted by Gasteiger charge is 2.27. The van der Waals surface area contributed by atoms with Gasteiger partial charge < -0.3 is 14.8 Å². The van der Waals surface area contributed by atoms with Gasteiger partial charge in [-0.15, -0.1) is 0 Å². The molecular weight excluding hydrogens is 448 g/mol. The van der Waals surface area contributed by atoms with E-state index in [2.05, 4.69) is 43.0 Å². The van der Waals surface area contributed by atoms with E-state index < -0.39 is 0 Å². The Morgan fingerprint density at radius 2 is 2.00 bits per heavy atom. The quantitative estimate of drug-likeness (QED) is 0.562. The fourth-order valence-corrected chi connectivity index (χ4v) is 5.29. The highest BCUT2D eigenvalue weighted by molar-refractivity contribution is 7.07. The van der Waals surface area contributed by atoms with E-state index in [-0.39, 0.29) is 18.1 Å². The third-order valence-corrected chi connectivity index (χ3v) is 7.05. The zero-order valence-electron chi connectivity index (χ0n) is 19.1.